The number of hydrogen-bond acceptors (Lipinski definition) is 4. The summed E-state index contributed by atoms with van der Waals surface area (Å²) in [7, 11) is 0. The number of nitrogens with zero attached hydrogens (tertiary/aromatic N) is 2. The smallest absolute Gasteiger partial charge is 0.162 e. The van der Waals surface area contributed by atoms with Crippen molar-refractivity contribution in [2.75, 3.05) is 6.61 Å². The van der Waals surface area contributed by atoms with E-state index in [9.17, 15) is 0 Å². The van der Waals surface area contributed by atoms with E-state index in [1.165, 1.54) is 0 Å². The summed E-state index contributed by atoms with van der Waals surface area (Å²) < 4.78 is 11.4. The highest BCUT2D eigenvalue weighted by Gasteiger charge is 2.10. The maximum absolute atomic E-state index is 8.99. The Bertz CT molecular complexity index is 919. The topological polar surface area (TPSA) is 55.1 Å². The van der Waals surface area contributed by atoms with E-state index in [1.54, 1.807) is 18.2 Å². The van der Waals surface area contributed by atoms with Crippen molar-refractivity contribution >= 4 is 22.5 Å². The molecule has 24 heavy (non-hydrogen) atoms. The molecule has 0 unspecified atom stereocenters. The minimum absolute atomic E-state index is 0.267. The molecule has 0 aliphatic rings. The fraction of sp³-hybridized carbons (Fsp3) is 0.158. The molecule has 0 spiro atoms. The molecule has 0 bridgehead atoms. The number of para-hydroxylation sites is 1. The van der Waals surface area contributed by atoms with Gasteiger partial charge in [0.05, 0.1) is 23.8 Å². The van der Waals surface area contributed by atoms with Gasteiger partial charge in [0.25, 0.3) is 0 Å². The van der Waals surface area contributed by atoms with Crippen LogP contribution < -0.4 is 9.47 Å². The lowest BCUT2D eigenvalue weighted by atomic mass is 10.1. The van der Waals surface area contributed by atoms with Crippen molar-refractivity contribution in [3.63, 3.8) is 0 Å². The molecular formula is C19H15ClN2O2. The number of fused-ring (bicyclic) bond motifs is 1. The first-order chi connectivity index (χ1) is 11.7. The van der Waals surface area contributed by atoms with Gasteiger partial charge in [0.15, 0.2) is 11.5 Å². The van der Waals surface area contributed by atoms with Crippen LogP contribution in [0.2, 0.25) is 5.15 Å². The van der Waals surface area contributed by atoms with Gasteiger partial charge in [-0.2, -0.15) is 5.26 Å². The molecule has 0 aliphatic carbocycles. The number of rotatable bonds is 5. The number of nitriles is 1. The molecule has 2 aromatic carbocycles. The molecule has 0 amide bonds. The number of hydrogen-bond donors (Lipinski definition) is 0. The van der Waals surface area contributed by atoms with Gasteiger partial charge in [-0.25, -0.2) is 4.98 Å². The van der Waals surface area contributed by atoms with Gasteiger partial charge in [-0.1, -0.05) is 29.8 Å². The monoisotopic (exact) mass is 338 g/mol. The zero-order valence-electron chi connectivity index (χ0n) is 13.1. The molecule has 0 radical (unpaired) electrons. The van der Waals surface area contributed by atoms with E-state index in [4.69, 9.17) is 26.3 Å². The number of pyridine rings is 1. The van der Waals surface area contributed by atoms with Gasteiger partial charge in [-0.3, -0.25) is 0 Å². The second-order valence-electron chi connectivity index (χ2n) is 5.13. The summed E-state index contributed by atoms with van der Waals surface area (Å²) in [5.41, 5.74) is 2.16. The molecule has 1 aromatic heterocycles. The van der Waals surface area contributed by atoms with Gasteiger partial charge in [0, 0.05) is 17.0 Å². The molecule has 5 heteroatoms. The van der Waals surface area contributed by atoms with Crippen LogP contribution >= 0.6 is 11.6 Å². The van der Waals surface area contributed by atoms with E-state index in [0.717, 1.165) is 16.5 Å². The Labute approximate surface area is 145 Å². The second kappa shape index (κ2) is 7.20. The van der Waals surface area contributed by atoms with E-state index in [2.05, 4.69) is 11.1 Å². The summed E-state index contributed by atoms with van der Waals surface area (Å²) in [5.74, 6) is 1.11. The minimum atomic E-state index is 0.267. The first kappa shape index (κ1) is 16.1. The highest BCUT2D eigenvalue weighted by molar-refractivity contribution is 6.30. The van der Waals surface area contributed by atoms with Crippen LogP contribution in [0.15, 0.2) is 48.5 Å². The Morgan fingerprint density at radius 1 is 1.08 bits per heavy atom. The normalized spacial score (nSPS) is 10.4. The van der Waals surface area contributed by atoms with Gasteiger partial charge in [0.2, 0.25) is 0 Å². The van der Waals surface area contributed by atoms with E-state index in [0.29, 0.717) is 28.8 Å². The second-order valence-corrected chi connectivity index (χ2v) is 5.48. The van der Waals surface area contributed by atoms with Gasteiger partial charge < -0.3 is 9.47 Å². The van der Waals surface area contributed by atoms with Crippen LogP contribution in [-0.4, -0.2) is 11.6 Å². The summed E-state index contributed by atoms with van der Waals surface area (Å²) in [6, 6.07) is 16.9. The lowest BCUT2D eigenvalue weighted by Gasteiger charge is -2.13. The van der Waals surface area contributed by atoms with Crippen molar-refractivity contribution in [2.24, 2.45) is 0 Å². The van der Waals surface area contributed by atoms with Crippen LogP contribution in [-0.2, 0) is 6.61 Å². The van der Waals surface area contributed by atoms with Gasteiger partial charge in [-0.05, 0) is 31.2 Å². The Balaban J connectivity index is 1.85. The van der Waals surface area contributed by atoms with Gasteiger partial charge >= 0.3 is 0 Å². The third kappa shape index (κ3) is 3.42. The highest BCUT2D eigenvalue weighted by atomic mass is 35.5. The summed E-state index contributed by atoms with van der Waals surface area (Å²) >= 11 is 6.25. The van der Waals surface area contributed by atoms with E-state index in [-0.39, 0.29) is 6.61 Å². The molecule has 0 N–H and O–H groups in total. The van der Waals surface area contributed by atoms with Crippen LogP contribution in [0.4, 0.5) is 0 Å². The molecule has 0 fully saturated rings. The average Bonchev–Trinajstić information content (AvgIpc) is 2.61. The van der Waals surface area contributed by atoms with Crippen molar-refractivity contribution in [1.82, 2.24) is 4.98 Å². The number of halogens is 1. The quantitative estimate of drug-likeness (QED) is 0.631. The van der Waals surface area contributed by atoms with Gasteiger partial charge in [-0.15, -0.1) is 0 Å². The molecule has 0 aliphatic heterocycles. The molecule has 0 atom stereocenters. The van der Waals surface area contributed by atoms with Crippen molar-refractivity contribution in [3.8, 4) is 17.6 Å². The van der Waals surface area contributed by atoms with Crippen LogP contribution in [0, 0.1) is 11.3 Å². The standard InChI is InChI=1S/C19H15ClN2O2/c1-2-23-18-9-13(11-21)7-8-17(18)24-12-15-10-14-5-3-4-6-16(14)22-19(15)20/h3-10H,2,12H2,1H3. The molecule has 1 heterocycles. The fourth-order valence-electron chi connectivity index (χ4n) is 2.36. The average molecular weight is 339 g/mol. The Kier molecular flexibility index (Phi) is 4.83. The van der Waals surface area contributed by atoms with Crippen LogP contribution in [0.1, 0.15) is 18.1 Å². The molecule has 3 rings (SSSR count). The zero-order valence-corrected chi connectivity index (χ0v) is 13.9. The van der Waals surface area contributed by atoms with Crippen LogP contribution in [0.3, 0.4) is 0 Å². The van der Waals surface area contributed by atoms with Crippen molar-refractivity contribution in [2.45, 2.75) is 13.5 Å². The maximum Gasteiger partial charge on any atom is 0.162 e. The molecular weight excluding hydrogens is 324 g/mol. The predicted octanol–water partition coefficient (Wildman–Crippen LogP) is 4.74. The minimum Gasteiger partial charge on any atom is -0.490 e. The largest absolute Gasteiger partial charge is 0.490 e. The predicted molar refractivity (Wildman–Crippen MR) is 93.4 cm³/mol. The Morgan fingerprint density at radius 2 is 1.92 bits per heavy atom. The van der Waals surface area contributed by atoms with E-state index in [1.807, 2.05) is 37.3 Å². The number of aromatic nitrogens is 1. The lowest BCUT2D eigenvalue weighted by molar-refractivity contribution is 0.269. The number of benzene rings is 2. The molecule has 0 saturated carbocycles. The lowest BCUT2D eigenvalue weighted by Crippen LogP contribution is -2.01. The molecule has 3 aromatic rings. The highest BCUT2D eigenvalue weighted by Crippen LogP contribution is 2.30. The summed E-state index contributed by atoms with van der Waals surface area (Å²) in [6.45, 7) is 2.64. The van der Waals surface area contributed by atoms with Crippen molar-refractivity contribution < 1.29 is 9.47 Å². The van der Waals surface area contributed by atoms with Crippen LogP contribution in [0.25, 0.3) is 10.9 Å². The fourth-order valence-corrected chi connectivity index (χ4v) is 2.56. The first-order valence-corrected chi connectivity index (χ1v) is 7.93. The maximum atomic E-state index is 8.99. The van der Waals surface area contributed by atoms with E-state index >= 15 is 0 Å². The Morgan fingerprint density at radius 3 is 2.71 bits per heavy atom. The molecule has 120 valence electrons. The Hall–Kier alpha value is -2.77. The SMILES string of the molecule is CCOc1cc(C#N)ccc1OCc1cc2ccccc2nc1Cl. The van der Waals surface area contributed by atoms with Crippen molar-refractivity contribution in [3.05, 3.63) is 64.8 Å². The van der Waals surface area contributed by atoms with E-state index < -0.39 is 0 Å². The molecule has 0 saturated heterocycles. The summed E-state index contributed by atoms with van der Waals surface area (Å²) in [6.07, 6.45) is 0. The third-order valence-electron chi connectivity index (χ3n) is 3.51. The summed E-state index contributed by atoms with van der Waals surface area (Å²) in [4.78, 5) is 4.39. The first-order valence-electron chi connectivity index (χ1n) is 7.55. The van der Waals surface area contributed by atoms with Crippen LogP contribution in [0.5, 0.6) is 11.5 Å². The summed E-state index contributed by atoms with van der Waals surface area (Å²) in [5, 5.41) is 10.4. The third-order valence-corrected chi connectivity index (χ3v) is 3.83. The molecule has 4 nitrogen and oxygen atoms in total. The van der Waals surface area contributed by atoms with Crippen molar-refractivity contribution in [1.29, 1.82) is 5.26 Å². The van der Waals surface area contributed by atoms with Gasteiger partial charge in [0.1, 0.15) is 11.8 Å². The zero-order chi connectivity index (χ0) is 16.9. The number of ether oxygens (including phenoxy) is 2.